The number of hydrogen-bond donors (Lipinski definition) is 3. The van der Waals surface area contributed by atoms with Crippen LogP contribution >= 0.6 is 0 Å². The fourth-order valence-corrected chi connectivity index (χ4v) is 2.94. The Labute approximate surface area is 169 Å². The first-order valence-corrected chi connectivity index (χ1v) is 10.1. The number of benzene rings is 2. The summed E-state index contributed by atoms with van der Waals surface area (Å²) in [6, 6.07) is 14.4. The Morgan fingerprint density at radius 1 is 1.10 bits per heavy atom. The van der Waals surface area contributed by atoms with Crippen LogP contribution in [-0.2, 0) is 24.3 Å². The number of para-hydroxylation sites is 1. The Balaban J connectivity index is 2.01. The van der Waals surface area contributed by atoms with Gasteiger partial charge in [0.1, 0.15) is 17.9 Å². The van der Waals surface area contributed by atoms with E-state index in [0.717, 1.165) is 0 Å². The SMILES string of the molecule is COC(=O)C(C)(COc1ccccc1)NCC(=O)Nc1cccc(S(N)(=O)=O)c1. The van der Waals surface area contributed by atoms with Crippen LogP contribution in [0, 0.1) is 0 Å². The second-order valence-electron chi connectivity index (χ2n) is 6.40. The molecule has 0 radical (unpaired) electrons. The zero-order valence-electron chi connectivity index (χ0n) is 16.0. The van der Waals surface area contributed by atoms with Crippen molar-refractivity contribution >= 4 is 27.6 Å². The van der Waals surface area contributed by atoms with Crippen LogP contribution in [0.2, 0.25) is 0 Å². The number of rotatable bonds is 9. The smallest absolute Gasteiger partial charge is 0.329 e. The lowest BCUT2D eigenvalue weighted by molar-refractivity contribution is -0.149. The van der Waals surface area contributed by atoms with E-state index in [0.29, 0.717) is 5.75 Å². The van der Waals surface area contributed by atoms with Gasteiger partial charge in [0.2, 0.25) is 15.9 Å². The number of hydrogen-bond acceptors (Lipinski definition) is 7. The number of amides is 1. The van der Waals surface area contributed by atoms with Gasteiger partial charge in [-0.1, -0.05) is 24.3 Å². The van der Waals surface area contributed by atoms with E-state index in [1.807, 2.05) is 6.07 Å². The normalized spacial score (nSPS) is 13.2. The first kappa shape index (κ1) is 22.3. The summed E-state index contributed by atoms with van der Waals surface area (Å²) in [5.74, 6) is -0.530. The summed E-state index contributed by atoms with van der Waals surface area (Å²) in [7, 11) is -2.65. The number of primary sulfonamides is 1. The molecule has 0 saturated carbocycles. The Morgan fingerprint density at radius 2 is 1.79 bits per heavy atom. The van der Waals surface area contributed by atoms with Gasteiger partial charge in [0.15, 0.2) is 0 Å². The molecular weight excluding hydrogens is 398 g/mol. The fraction of sp³-hybridized carbons (Fsp3) is 0.263. The minimum atomic E-state index is -3.89. The Kier molecular flexibility index (Phi) is 7.32. The molecule has 29 heavy (non-hydrogen) atoms. The van der Waals surface area contributed by atoms with Crippen molar-refractivity contribution in [2.45, 2.75) is 17.4 Å². The average Bonchev–Trinajstić information content (AvgIpc) is 2.70. The van der Waals surface area contributed by atoms with Crippen molar-refractivity contribution in [2.24, 2.45) is 5.14 Å². The summed E-state index contributed by atoms with van der Waals surface area (Å²) < 4.78 is 33.3. The third kappa shape index (κ3) is 6.56. The summed E-state index contributed by atoms with van der Waals surface area (Å²) in [6.45, 7) is 1.23. The van der Waals surface area contributed by atoms with Gasteiger partial charge in [-0.05, 0) is 37.3 Å². The van der Waals surface area contributed by atoms with Crippen molar-refractivity contribution in [1.29, 1.82) is 0 Å². The highest BCUT2D eigenvalue weighted by atomic mass is 32.2. The molecule has 0 aromatic heterocycles. The maximum absolute atomic E-state index is 12.3. The number of nitrogens with two attached hydrogens (primary N) is 1. The van der Waals surface area contributed by atoms with E-state index in [9.17, 15) is 18.0 Å². The van der Waals surface area contributed by atoms with Crippen LogP contribution in [0.3, 0.4) is 0 Å². The van der Waals surface area contributed by atoms with Crippen LogP contribution in [-0.4, -0.2) is 46.1 Å². The van der Waals surface area contributed by atoms with E-state index in [1.165, 1.54) is 31.4 Å². The van der Waals surface area contributed by atoms with E-state index in [2.05, 4.69) is 10.6 Å². The summed E-state index contributed by atoms with van der Waals surface area (Å²) >= 11 is 0. The largest absolute Gasteiger partial charge is 0.491 e. The molecule has 10 heteroatoms. The van der Waals surface area contributed by atoms with Gasteiger partial charge >= 0.3 is 5.97 Å². The quantitative estimate of drug-likeness (QED) is 0.511. The van der Waals surface area contributed by atoms with E-state index in [-0.39, 0.29) is 23.7 Å². The van der Waals surface area contributed by atoms with Crippen molar-refractivity contribution in [3.8, 4) is 5.75 Å². The van der Waals surface area contributed by atoms with Crippen LogP contribution in [0.1, 0.15) is 6.92 Å². The Bertz CT molecular complexity index is 965. The highest BCUT2D eigenvalue weighted by Crippen LogP contribution is 2.15. The molecule has 4 N–H and O–H groups in total. The lowest BCUT2D eigenvalue weighted by Gasteiger charge is -2.27. The molecule has 156 valence electrons. The highest BCUT2D eigenvalue weighted by Gasteiger charge is 2.35. The molecule has 0 saturated heterocycles. The van der Waals surface area contributed by atoms with Gasteiger partial charge in [0.25, 0.3) is 0 Å². The molecule has 1 unspecified atom stereocenters. The third-order valence-corrected chi connectivity index (χ3v) is 4.90. The first-order chi connectivity index (χ1) is 13.6. The van der Waals surface area contributed by atoms with Crippen LogP contribution in [0.5, 0.6) is 5.75 Å². The van der Waals surface area contributed by atoms with Gasteiger partial charge in [-0.25, -0.2) is 18.4 Å². The number of anilines is 1. The Morgan fingerprint density at radius 3 is 2.41 bits per heavy atom. The van der Waals surface area contributed by atoms with Crippen molar-refractivity contribution < 1.29 is 27.5 Å². The second kappa shape index (κ2) is 9.50. The third-order valence-electron chi connectivity index (χ3n) is 3.99. The molecule has 0 heterocycles. The summed E-state index contributed by atoms with van der Waals surface area (Å²) in [5, 5.41) is 10.5. The van der Waals surface area contributed by atoms with E-state index in [1.54, 1.807) is 31.2 Å². The zero-order valence-corrected chi connectivity index (χ0v) is 16.9. The molecule has 2 aromatic rings. The molecule has 0 bridgehead atoms. The standard InChI is InChI=1S/C19H23N3O6S/c1-19(18(24)27-2,13-28-15-8-4-3-5-9-15)21-12-17(23)22-14-7-6-10-16(11-14)29(20,25)26/h3-11,21H,12-13H2,1-2H3,(H,22,23)(H2,20,25,26). The van der Waals surface area contributed by atoms with Crippen molar-refractivity contribution in [1.82, 2.24) is 5.32 Å². The van der Waals surface area contributed by atoms with Gasteiger partial charge in [-0.15, -0.1) is 0 Å². The first-order valence-electron chi connectivity index (χ1n) is 8.58. The molecule has 0 fully saturated rings. The predicted molar refractivity (Wildman–Crippen MR) is 107 cm³/mol. The molecule has 0 aliphatic rings. The lowest BCUT2D eigenvalue weighted by atomic mass is 10.0. The number of carbonyl (C=O) groups excluding carboxylic acids is 2. The topological polar surface area (TPSA) is 137 Å². The minimum Gasteiger partial charge on any atom is -0.491 e. The number of esters is 1. The summed E-state index contributed by atoms with van der Waals surface area (Å²) in [5.41, 5.74) is -1.03. The highest BCUT2D eigenvalue weighted by molar-refractivity contribution is 7.89. The molecule has 1 atom stereocenters. The van der Waals surface area contributed by atoms with Gasteiger partial charge < -0.3 is 14.8 Å². The van der Waals surface area contributed by atoms with Gasteiger partial charge in [-0.3, -0.25) is 10.1 Å². The maximum atomic E-state index is 12.3. The van der Waals surface area contributed by atoms with E-state index >= 15 is 0 Å². The van der Waals surface area contributed by atoms with E-state index in [4.69, 9.17) is 14.6 Å². The van der Waals surface area contributed by atoms with E-state index < -0.39 is 27.4 Å². The molecule has 9 nitrogen and oxygen atoms in total. The number of ether oxygens (including phenoxy) is 2. The zero-order chi connectivity index (χ0) is 21.5. The lowest BCUT2D eigenvalue weighted by Crippen LogP contribution is -2.56. The van der Waals surface area contributed by atoms with Crippen LogP contribution in [0.4, 0.5) is 5.69 Å². The van der Waals surface area contributed by atoms with Crippen molar-refractivity contribution in [3.63, 3.8) is 0 Å². The monoisotopic (exact) mass is 421 g/mol. The second-order valence-corrected chi connectivity index (χ2v) is 7.96. The van der Waals surface area contributed by atoms with Crippen LogP contribution < -0.4 is 20.5 Å². The van der Waals surface area contributed by atoms with Crippen LogP contribution in [0.15, 0.2) is 59.5 Å². The van der Waals surface area contributed by atoms with Gasteiger partial charge in [0.05, 0.1) is 18.6 Å². The maximum Gasteiger partial charge on any atom is 0.329 e. The number of methoxy groups -OCH3 is 1. The minimum absolute atomic E-state index is 0.0716. The number of nitrogens with one attached hydrogen (secondary N) is 2. The van der Waals surface area contributed by atoms with Gasteiger partial charge in [0, 0.05) is 5.69 Å². The summed E-state index contributed by atoms with van der Waals surface area (Å²) in [6.07, 6.45) is 0. The number of carbonyl (C=O) groups is 2. The number of sulfonamides is 1. The summed E-state index contributed by atoms with van der Waals surface area (Å²) in [4.78, 5) is 24.3. The molecule has 2 rings (SSSR count). The molecule has 0 aliphatic heterocycles. The molecule has 2 aromatic carbocycles. The van der Waals surface area contributed by atoms with Crippen molar-refractivity contribution in [2.75, 3.05) is 25.6 Å². The average molecular weight is 421 g/mol. The molecular formula is C19H23N3O6S. The van der Waals surface area contributed by atoms with Crippen LogP contribution in [0.25, 0.3) is 0 Å². The fourth-order valence-electron chi connectivity index (χ4n) is 2.38. The van der Waals surface area contributed by atoms with Crippen molar-refractivity contribution in [3.05, 3.63) is 54.6 Å². The van der Waals surface area contributed by atoms with Gasteiger partial charge in [-0.2, -0.15) is 0 Å². The molecule has 1 amide bonds. The predicted octanol–water partition coefficient (Wildman–Crippen LogP) is 0.873. The Hall–Kier alpha value is -2.95. The molecule has 0 aliphatic carbocycles. The molecule has 0 spiro atoms.